The Hall–Kier alpha value is -3.25. The number of benzene rings is 2. The number of carbonyl (C=O) groups excluding carboxylic acids is 1. The second kappa shape index (κ2) is 6.81. The van der Waals surface area contributed by atoms with E-state index >= 15 is 0 Å². The molecule has 0 aliphatic heterocycles. The third-order valence-corrected chi connectivity index (χ3v) is 5.26. The molecule has 27 heavy (non-hydrogen) atoms. The first kappa shape index (κ1) is 17.2. The van der Waals surface area contributed by atoms with Gasteiger partial charge in [-0.3, -0.25) is 4.79 Å². The van der Waals surface area contributed by atoms with Crippen molar-refractivity contribution in [2.75, 3.05) is 0 Å². The molecule has 0 saturated heterocycles. The fourth-order valence-electron chi connectivity index (χ4n) is 2.85. The normalized spacial score (nSPS) is 11.9. The lowest BCUT2D eigenvalue weighted by Crippen LogP contribution is -2.03. The molecule has 2 heterocycles. The van der Waals surface area contributed by atoms with E-state index in [1.54, 1.807) is 25.1 Å². The Bertz CT molecular complexity index is 1220. The Kier molecular flexibility index (Phi) is 4.33. The molecule has 0 saturated carbocycles. The van der Waals surface area contributed by atoms with E-state index in [0.29, 0.717) is 37.8 Å². The molecule has 0 bridgehead atoms. The second-order valence-corrected chi connectivity index (χ2v) is 7.10. The molecule has 0 aliphatic carbocycles. The number of phenolic OH excluding ortho intramolecular Hbond substituents is 1. The second-order valence-electron chi connectivity index (χ2n) is 6.12. The summed E-state index contributed by atoms with van der Waals surface area (Å²) in [5, 5.41) is 11.7. The van der Waals surface area contributed by atoms with E-state index < -0.39 is 0 Å². The molecule has 1 N–H and O–H groups in total. The molecule has 2 aromatic heterocycles. The molecule has 0 radical (unpaired) electrons. The zero-order chi connectivity index (χ0) is 19.0. The Morgan fingerprint density at radius 1 is 1.15 bits per heavy atom. The fourth-order valence-corrected chi connectivity index (χ4v) is 3.70. The van der Waals surface area contributed by atoms with Gasteiger partial charge in [-0.05, 0) is 25.1 Å². The van der Waals surface area contributed by atoms with Crippen LogP contribution >= 0.6 is 11.3 Å². The number of fused-ring (bicyclic) bond motifs is 1. The lowest BCUT2D eigenvalue weighted by molar-refractivity contribution is 0.102. The van der Waals surface area contributed by atoms with E-state index in [2.05, 4.69) is 9.98 Å². The number of nitrogens with zero attached hydrogens (tertiary/aromatic N) is 2. The average Bonchev–Trinajstić information content (AvgIpc) is 3.03. The van der Waals surface area contributed by atoms with Gasteiger partial charge in [0.2, 0.25) is 5.13 Å². The zero-order valence-corrected chi connectivity index (χ0v) is 15.6. The van der Waals surface area contributed by atoms with Crippen LogP contribution in [0.5, 0.6) is 5.75 Å². The number of carbonyl (C=O) groups is 1. The SMILES string of the molecule is CC(=O)c1sc(N=c2cc(-c3ccccc3)oc3ccc(O)cc23)nc1C. The Labute approximate surface area is 159 Å². The molecule has 5 nitrogen and oxygen atoms in total. The summed E-state index contributed by atoms with van der Waals surface area (Å²) in [6.45, 7) is 3.32. The van der Waals surface area contributed by atoms with Gasteiger partial charge in [0.1, 0.15) is 17.1 Å². The van der Waals surface area contributed by atoms with Crippen molar-refractivity contribution in [2.24, 2.45) is 4.99 Å². The number of rotatable bonds is 3. The van der Waals surface area contributed by atoms with Gasteiger partial charge in [0.15, 0.2) is 5.78 Å². The topological polar surface area (TPSA) is 75.7 Å². The van der Waals surface area contributed by atoms with Crippen LogP contribution in [-0.4, -0.2) is 15.9 Å². The average molecular weight is 376 g/mol. The van der Waals surface area contributed by atoms with Gasteiger partial charge in [-0.15, -0.1) is 0 Å². The molecule has 0 aliphatic rings. The molecular weight excluding hydrogens is 360 g/mol. The first-order valence-corrected chi connectivity index (χ1v) is 9.18. The summed E-state index contributed by atoms with van der Waals surface area (Å²) in [6, 6.07) is 16.4. The van der Waals surface area contributed by atoms with E-state index in [9.17, 15) is 9.90 Å². The first-order valence-electron chi connectivity index (χ1n) is 8.36. The monoisotopic (exact) mass is 376 g/mol. The molecule has 6 heteroatoms. The summed E-state index contributed by atoms with van der Waals surface area (Å²) < 4.78 is 6.01. The van der Waals surface area contributed by atoms with Crippen molar-refractivity contribution in [1.82, 2.24) is 4.98 Å². The molecule has 4 aromatic rings. The van der Waals surface area contributed by atoms with Gasteiger partial charge in [-0.25, -0.2) is 9.98 Å². The molecule has 0 unspecified atom stereocenters. The standard InChI is InChI=1S/C21H16N2O3S/c1-12-20(13(2)24)27-21(22-12)23-17-11-19(14-6-4-3-5-7-14)26-18-9-8-15(25)10-16(17)18/h3-11,25H,1-2H3. The van der Waals surface area contributed by atoms with E-state index in [4.69, 9.17) is 4.42 Å². The van der Waals surface area contributed by atoms with Crippen LogP contribution in [0.1, 0.15) is 22.3 Å². The molecule has 4 rings (SSSR count). The van der Waals surface area contributed by atoms with Crippen molar-refractivity contribution in [1.29, 1.82) is 0 Å². The highest BCUT2D eigenvalue weighted by atomic mass is 32.1. The van der Waals surface area contributed by atoms with Gasteiger partial charge in [-0.2, -0.15) is 0 Å². The predicted octanol–water partition coefficient (Wildman–Crippen LogP) is 5.01. The van der Waals surface area contributed by atoms with Crippen molar-refractivity contribution < 1.29 is 14.3 Å². The zero-order valence-electron chi connectivity index (χ0n) is 14.8. The lowest BCUT2D eigenvalue weighted by Gasteiger charge is -2.05. The molecule has 0 spiro atoms. The minimum atomic E-state index is -0.0259. The highest BCUT2D eigenvalue weighted by Crippen LogP contribution is 2.27. The van der Waals surface area contributed by atoms with Crippen LogP contribution in [0.15, 0.2) is 64.0 Å². The summed E-state index contributed by atoms with van der Waals surface area (Å²) in [5.74, 6) is 0.760. The molecule has 0 fully saturated rings. The van der Waals surface area contributed by atoms with E-state index in [1.807, 2.05) is 36.4 Å². The lowest BCUT2D eigenvalue weighted by atomic mass is 10.1. The first-order chi connectivity index (χ1) is 13.0. The van der Waals surface area contributed by atoms with Crippen LogP contribution in [0.3, 0.4) is 0 Å². The van der Waals surface area contributed by atoms with Crippen molar-refractivity contribution in [3.63, 3.8) is 0 Å². The summed E-state index contributed by atoms with van der Waals surface area (Å²) in [6.07, 6.45) is 0. The molecule has 134 valence electrons. The maximum absolute atomic E-state index is 11.7. The Morgan fingerprint density at radius 2 is 1.93 bits per heavy atom. The van der Waals surface area contributed by atoms with Crippen LogP contribution in [0, 0.1) is 6.92 Å². The number of ketones is 1. The van der Waals surface area contributed by atoms with Gasteiger partial charge in [-0.1, -0.05) is 41.7 Å². The van der Waals surface area contributed by atoms with E-state index in [1.165, 1.54) is 18.3 Å². The largest absolute Gasteiger partial charge is 0.508 e. The minimum absolute atomic E-state index is 0.0259. The van der Waals surface area contributed by atoms with Crippen LogP contribution in [-0.2, 0) is 0 Å². The van der Waals surface area contributed by atoms with Gasteiger partial charge >= 0.3 is 0 Å². The Morgan fingerprint density at radius 3 is 2.63 bits per heavy atom. The van der Waals surface area contributed by atoms with Crippen LogP contribution in [0.4, 0.5) is 5.13 Å². The minimum Gasteiger partial charge on any atom is -0.508 e. The maximum Gasteiger partial charge on any atom is 0.210 e. The van der Waals surface area contributed by atoms with Crippen molar-refractivity contribution in [3.8, 4) is 17.1 Å². The smallest absolute Gasteiger partial charge is 0.210 e. The van der Waals surface area contributed by atoms with E-state index in [0.717, 1.165) is 5.56 Å². The van der Waals surface area contributed by atoms with Crippen LogP contribution < -0.4 is 5.36 Å². The number of Topliss-reactive ketones (excluding diaryl/α,β-unsaturated/α-hetero) is 1. The van der Waals surface area contributed by atoms with Crippen LogP contribution in [0.25, 0.3) is 22.3 Å². The molecule has 0 amide bonds. The van der Waals surface area contributed by atoms with Crippen molar-refractivity contribution >= 4 is 33.2 Å². The van der Waals surface area contributed by atoms with Gasteiger partial charge in [0, 0.05) is 23.9 Å². The van der Waals surface area contributed by atoms with E-state index in [-0.39, 0.29) is 11.5 Å². The number of aromatic nitrogens is 1. The number of phenols is 1. The number of hydrogen-bond donors (Lipinski definition) is 1. The fraction of sp³-hybridized carbons (Fsp3) is 0.0952. The predicted molar refractivity (Wildman–Crippen MR) is 105 cm³/mol. The molecule has 2 aromatic carbocycles. The number of hydrogen-bond acceptors (Lipinski definition) is 6. The molecular formula is C21H16N2O3S. The molecule has 0 atom stereocenters. The third kappa shape index (κ3) is 3.39. The quantitative estimate of drug-likeness (QED) is 0.510. The summed E-state index contributed by atoms with van der Waals surface area (Å²) >= 11 is 1.26. The van der Waals surface area contributed by atoms with Gasteiger partial charge in [0.25, 0.3) is 0 Å². The summed E-state index contributed by atoms with van der Waals surface area (Å²) in [5.41, 5.74) is 2.19. The maximum atomic E-state index is 11.7. The van der Waals surface area contributed by atoms with Crippen molar-refractivity contribution in [3.05, 3.63) is 70.5 Å². The van der Waals surface area contributed by atoms with Gasteiger partial charge in [0.05, 0.1) is 15.9 Å². The highest BCUT2D eigenvalue weighted by Gasteiger charge is 2.12. The summed E-state index contributed by atoms with van der Waals surface area (Å²) in [4.78, 5) is 21.4. The third-order valence-electron chi connectivity index (χ3n) is 4.11. The Balaban J connectivity index is 1.99. The van der Waals surface area contributed by atoms with Crippen LogP contribution in [0.2, 0.25) is 0 Å². The van der Waals surface area contributed by atoms with Crippen molar-refractivity contribution in [2.45, 2.75) is 13.8 Å². The number of thiazole rings is 1. The number of aryl methyl sites for hydroxylation is 1. The number of aromatic hydroxyl groups is 1. The van der Waals surface area contributed by atoms with Gasteiger partial charge < -0.3 is 9.52 Å². The highest BCUT2D eigenvalue weighted by molar-refractivity contribution is 7.17. The summed E-state index contributed by atoms with van der Waals surface area (Å²) in [7, 11) is 0.